The van der Waals surface area contributed by atoms with Crippen LogP contribution in [-0.2, 0) is 0 Å². The summed E-state index contributed by atoms with van der Waals surface area (Å²) in [6.45, 7) is 2.28. The predicted molar refractivity (Wildman–Crippen MR) is 116 cm³/mol. The Morgan fingerprint density at radius 2 is 1.50 bits per heavy atom. The molecule has 0 aliphatic carbocycles. The lowest BCUT2D eigenvalue weighted by Gasteiger charge is -2.17. The Morgan fingerprint density at radius 1 is 0.846 bits per heavy atom. The summed E-state index contributed by atoms with van der Waals surface area (Å²) in [5, 5.41) is 2.36. The molecule has 3 heteroatoms. The van der Waals surface area contributed by atoms with Gasteiger partial charge in [0.05, 0.1) is 5.03 Å². The fraction of sp³-hybridized carbons (Fsp3) is 0.522. The van der Waals surface area contributed by atoms with E-state index >= 15 is 0 Å². The van der Waals surface area contributed by atoms with E-state index in [2.05, 4.69) is 36.2 Å². The molecule has 142 valence electrons. The van der Waals surface area contributed by atoms with E-state index in [-0.39, 0.29) is 0 Å². The summed E-state index contributed by atoms with van der Waals surface area (Å²) in [6, 6.07) is 14.5. The van der Waals surface area contributed by atoms with Crippen molar-refractivity contribution < 1.29 is 0 Å². The van der Waals surface area contributed by atoms with Gasteiger partial charge in [0.1, 0.15) is 0 Å². The minimum Gasteiger partial charge on any atom is -0.250 e. The second kappa shape index (κ2) is 13.2. The van der Waals surface area contributed by atoms with E-state index in [1.807, 2.05) is 36.2 Å². The van der Waals surface area contributed by atoms with Crippen LogP contribution in [0.4, 0.5) is 0 Å². The third kappa shape index (κ3) is 8.60. The van der Waals surface area contributed by atoms with Crippen molar-refractivity contribution in [2.24, 2.45) is 0 Å². The van der Waals surface area contributed by atoms with Crippen molar-refractivity contribution in [3.63, 3.8) is 0 Å². The van der Waals surface area contributed by atoms with Gasteiger partial charge in [-0.05, 0) is 36.2 Å². The molecule has 26 heavy (non-hydrogen) atoms. The van der Waals surface area contributed by atoms with E-state index < -0.39 is 0 Å². The fourth-order valence-electron chi connectivity index (χ4n) is 3.17. The number of benzene rings is 1. The van der Waals surface area contributed by atoms with Crippen molar-refractivity contribution in [3.8, 4) is 0 Å². The summed E-state index contributed by atoms with van der Waals surface area (Å²) < 4.78 is 0. The molecule has 1 unspecified atom stereocenters. The average Bonchev–Trinajstić information content (AvgIpc) is 2.67. The van der Waals surface area contributed by atoms with Crippen molar-refractivity contribution in [2.45, 2.75) is 81.4 Å². The van der Waals surface area contributed by atoms with E-state index in [1.165, 1.54) is 69.8 Å². The Kier molecular flexibility index (Phi) is 10.8. The highest BCUT2D eigenvalue weighted by atomic mass is 35.5. The van der Waals surface area contributed by atoms with Gasteiger partial charge in [0.2, 0.25) is 0 Å². The largest absolute Gasteiger partial charge is 0.250 e. The van der Waals surface area contributed by atoms with Gasteiger partial charge in [-0.1, -0.05) is 106 Å². The number of pyridine rings is 1. The standard InChI is InChI=1S/C23H32ClNS/c1-2-3-4-5-6-7-8-9-10-13-22(20-15-17-21(24)18-16-20)26-23-14-11-12-19-25-23/h11-12,14-19,22H,2-10,13H2,1H3. The number of thioether (sulfide) groups is 1. The topological polar surface area (TPSA) is 12.9 Å². The SMILES string of the molecule is CCCCCCCCCCCC(Sc1ccccn1)c1ccc(Cl)cc1. The monoisotopic (exact) mass is 389 g/mol. The lowest BCUT2D eigenvalue weighted by atomic mass is 10.0. The number of rotatable bonds is 13. The van der Waals surface area contributed by atoms with Gasteiger partial charge in [0, 0.05) is 16.5 Å². The van der Waals surface area contributed by atoms with Crippen molar-refractivity contribution in [2.75, 3.05) is 0 Å². The predicted octanol–water partition coefficient (Wildman–Crippen LogP) is 8.49. The maximum absolute atomic E-state index is 6.06. The molecular formula is C23H32ClNS. The minimum atomic E-state index is 0.451. The number of aromatic nitrogens is 1. The van der Waals surface area contributed by atoms with Crippen LogP contribution < -0.4 is 0 Å². The number of unbranched alkanes of at least 4 members (excludes halogenated alkanes) is 8. The number of nitrogens with zero attached hydrogens (tertiary/aromatic N) is 1. The molecular weight excluding hydrogens is 358 g/mol. The van der Waals surface area contributed by atoms with E-state index in [0.717, 1.165) is 10.0 Å². The Hall–Kier alpha value is -0.990. The van der Waals surface area contributed by atoms with Crippen LogP contribution in [0.1, 0.15) is 81.9 Å². The van der Waals surface area contributed by atoms with Crippen molar-refractivity contribution >= 4 is 23.4 Å². The number of hydrogen-bond donors (Lipinski definition) is 0. The third-order valence-electron chi connectivity index (χ3n) is 4.71. The molecule has 0 aliphatic rings. The van der Waals surface area contributed by atoms with Gasteiger partial charge in [-0.2, -0.15) is 0 Å². The molecule has 0 amide bonds. The summed E-state index contributed by atoms with van der Waals surface area (Å²) in [4.78, 5) is 4.49. The molecule has 0 saturated heterocycles. The molecule has 0 spiro atoms. The molecule has 0 bridgehead atoms. The molecule has 1 atom stereocenters. The van der Waals surface area contributed by atoms with Gasteiger partial charge in [0.25, 0.3) is 0 Å². The summed E-state index contributed by atoms with van der Waals surface area (Å²) in [7, 11) is 0. The first-order valence-corrected chi connectivity index (χ1v) is 11.4. The maximum atomic E-state index is 6.06. The number of halogens is 1. The zero-order valence-corrected chi connectivity index (χ0v) is 17.6. The molecule has 1 heterocycles. The molecule has 1 nitrogen and oxygen atoms in total. The molecule has 1 aromatic heterocycles. The fourth-order valence-corrected chi connectivity index (χ4v) is 4.45. The molecule has 0 aliphatic heterocycles. The van der Waals surface area contributed by atoms with Gasteiger partial charge in [-0.15, -0.1) is 0 Å². The quantitative estimate of drug-likeness (QED) is 0.251. The lowest BCUT2D eigenvalue weighted by molar-refractivity contribution is 0.555. The summed E-state index contributed by atoms with van der Waals surface area (Å²) in [5.74, 6) is 0. The first kappa shape index (κ1) is 21.3. The van der Waals surface area contributed by atoms with Crippen LogP contribution in [0, 0.1) is 0 Å². The van der Waals surface area contributed by atoms with Gasteiger partial charge < -0.3 is 0 Å². The Labute approximate surface area is 169 Å². The van der Waals surface area contributed by atoms with Gasteiger partial charge in [0.15, 0.2) is 0 Å². The van der Waals surface area contributed by atoms with Crippen LogP contribution in [0.15, 0.2) is 53.7 Å². The second-order valence-corrected chi connectivity index (χ2v) is 8.60. The molecule has 0 radical (unpaired) electrons. The van der Waals surface area contributed by atoms with Crippen LogP contribution >= 0.6 is 23.4 Å². The van der Waals surface area contributed by atoms with E-state index in [4.69, 9.17) is 11.6 Å². The number of hydrogen-bond acceptors (Lipinski definition) is 2. The van der Waals surface area contributed by atoms with Crippen LogP contribution in [0.25, 0.3) is 0 Å². The molecule has 0 saturated carbocycles. The van der Waals surface area contributed by atoms with Crippen LogP contribution in [0.2, 0.25) is 5.02 Å². The molecule has 2 rings (SSSR count). The van der Waals surface area contributed by atoms with E-state index in [0.29, 0.717) is 5.25 Å². The Morgan fingerprint density at radius 3 is 2.12 bits per heavy atom. The zero-order chi connectivity index (χ0) is 18.5. The van der Waals surface area contributed by atoms with Crippen molar-refractivity contribution in [3.05, 3.63) is 59.2 Å². The highest BCUT2D eigenvalue weighted by molar-refractivity contribution is 7.99. The van der Waals surface area contributed by atoms with E-state index in [9.17, 15) is 0 Å². The first-order chi connectivity index (χ1) is 12.8. The van der Waals surface area contributed by atoms with Crippen LogP contribution in [0.3, 0.4) is 0 Å². The average molecular weight is 390 g/mol. The van der Waals surface area contributed by atoms with Gasteiger partial charge >= 0.3 is 0 Å². The Balaban J connectivity index is 1.76. The summed E-state index contributed by atoms with van der Waals surface area (Å²) in [5.41, 5.74) is 1.35. The smallest absolute Gasteiger partial charge is 0.0965 e. The van der Waals surface area contributed by atoms with Gasteiger partial charge in [-0.3, -0.25) is 0 Å². The third-order valence-corrected chi connectivity index (χ3v) is 6.24. The van der Waals surface area contributed by atoms with E-state index in [1.54, 1.807) is 0 Å². The summed E-state index contributed by atoms with van der Waals surface area (Å²) >= 11 is 7.94. The van der Waals surface area contributed by atoms with Crippen LogP contribution in [0.5, 0.6) is 0 Å². The van der Waals surface area contributed by atoms with Crippen LogP contribution in [-0.4, -0.2) is 4.98 Å². The highest BCUT2D eigenvalue weighted by Gasteiger charge is 2.13. The molecule has 2 aromatic rings. The lowest BCUT2D eigenvalue weighted by Crippen LogP contribution is -1.96. The maximum Gasteiger partial charge on any atom is 0.0965 e. The summed E-state index contributed by atoms with van der Waals surface area (Å²) in [6.07, 6.45) is 15.4. The zero-order valence-electron chi connectivity index (χ0n) is 16.0. The van der Waals surface area contributed by atoms with Crippen molar-refractivity contribution in [1.82, 2.24) is 4.98 Å². The van der Waals surface area contributed by atoms with Gasteiger partial charge in [-0.25, -0.2) is 4.98 Å². The first-order valence-electron chi connectivity index (χ1n) is 10.1. The normalized spacial score (nSPS) is 12.2. The molecule has 0 fully saturated rings. The minimum absolute atomic E-state index is 0.451. The molecule has 1 aromatic carbocycles. The molecule has 0 N–H and O–H groups in total. The van der Waals surface area contributed by atoms with Crippen molar-refractivity contribution in [1.29, 1.82) is 0 Å². The highest BCUT2D eigenvalue weighted by Crippen LogP contribution is 2.38. The second-order valence-electron chi connectivity index (χ2n) is 6.94. The Bertz CT molecular complexity index is 585.